The summed E-state index contributed by atoms with van der Waals surface area (Å²) in [6.07, 6.45) is 9.41. The lowest BCUT2D eigenvalue weighted by Gasteiger charge is -2.45. The van der Waals surface area contributed by atoms with E-state index < -0.39 is 0 Å². The van der Waals surface area contributed by atoms with E-state index in [4.69, 9.17) is 5.73 Å². The average molecular weight is 298 g/mol. The Balaban J connectivity index is 1.49. The summed E-state index contributed by atoms with van der Waals surface area (Å²) in [7, 11) is 0. The predicted molar refractivity (Wildman–Crippen MR) is 87.8 cm³/mol. The Hall–Kier alpha value is -1.35. The molecule has 3 nitrogen and oxygen atoms in total. The van der Waals surface area contributed by atoms with Crippen LogP contribution in [-0.2, 0) is 12.8 Å². The van der Waals surface area contributed by atoms with Crippen LogP contribution in [-0.4, -0.2) is 18.0 Å². The van der Waals surface area contributed by atoms with Crippen LogP contribution in [0.25, 0.3) is 0 Å². The summed E-state index contributed by atoms with van der Waals surface area (Å²) >= 11 is 0. The van der Waals surface area contributed by atoms with Gasteiger partial charge in [-0.3, -0.25) is 4.79 Å². The van der Waals surface area contributed by atoms with Crippen LogP contribution in [0.5, 0.6) is 0 Å². The molecule has 4 rings (SSSR count). The molecular formula is C19H26N2O. The predicted octanol–water partition coefficient (Wildman–Crippen LogP) is 2.81. The molecule has 1 aromatic carbocycles. The molecule has 3 aliphatic rings. The number of rotatable bonds is 2. The lowest BCUT2D eigenvalue weighted by atomic mass is 9.67. The lowest BCUT2D eigenvalue weighted by Crippen LogP contribution is -2.53. The highest BCUT2D eigenvalue weighted by molar-refractivity contribution is 5.94. The first-order valence-electron chi connectivity index (χ1n) is 8.89. The number of benzene rings is 1. The molecule has 2 unspecified atom stereocenters. The normalized spacial score (nSPS) is 33.3. The van der Waals surface area contributed by atoms with Gasteiger partial charge in [0.05, 0.1) is 0 Å². The molecule has 0 spiro atoms. The smallest absolute Gasteiger partial charge is 0.251 e. The topological polar surface area (TPSA) is 55.1 Å². The molecule has 2 atom stereocenters. The van der Waals surface area contributed by atoms with Gasteiger partial charge in [-0.15, -0.1) is 0 Å². The van der Waals surface area contributed by atoms with E-state index in [0.717, 1.165) is 24.8 Å². The third-order valence-corrected chi connectivity index (χ3v) is 6.04. The van der Waals surface area contributed by atoms with Crippen molar-refractivity contribution in [2.75, 3.05) is 0 Å². The molecule has 3 N–H and O–H groups in total. The second-order valence-corrected chi connectivity index (χ2v) is 7.52. The number of hydrogen-bond donors (Lipinski definition) is 2. The highest BCUT2D eigenvalue weighted by atomic mass is 16.1. The van der Waals surface area contributed by atoms with Crippen molar-refractivity contribution < 1.29 is 4.79 Å². The van der Waals surface area contributed by atoms with Crippen LogP contribution in [0.4, 0.5) is 0 Å². The van der Waals surface area contributed by atoms with Crippen molar-refractivity contribution in [2.45, 2.75) is 63.5 Å². The van der Waals surface area contributed by atoms with Crippen LogP contribution >= 0.6 is 0 Å². The average Bonchev–Trinajstić information content (AvgIpc) is 2.95. The number of carbonyl (C=O) groups excluding carboxylic acids is 1. The third-order valence-electron chi connectivity index (χ3n) is 6.04. The highest BCUT2D eigenvalue weighted by Crippen LogP contribution is 2.39. The number of nitrogens with two attached hydrogens (primary N) is 1. The van der Waals surface area contributed by atoms with Gasteiger partial charge in [0.15, 0.2) is 0 Å². The zero-order valence-electron chi connectivity index (χ0n) is 13.2. The monoisotopic (exact) mass is 298 g/mol. The van der Waals surface area contributed by atoms with E-state index in [9.17, 15) is 4.79 Å². The van der Waals surface area contributed by atoms with Gasteiger partial charge in [0, 0.05) is 17.6 Å². The van der Waals surface area contributed by atoms with E-state index in [0.29, 0.717) is 23.9 Å². The summed E-state index contributed by atoms with van der Waals surface area (Å²) in [4.78, 5) is 12.7. The zero-order chi connectivity index (χ0) is 15.1. The Kier molecular flexibility index (Phi) is 3.69. The zero-order valence-corrected chi connectivity index (χ0v) is 13.2. The number of hydrogen-bond acceptors (Lipinski definition) is 2. The number of aryl methyl sites for hydroxylation is 2. The number of amides is 1. The Morgan fingerprint density at radius 3 is 2.55 bits per heavy atom. The maximum atomic E-state index is 12.7. The van der Waals surface area contributed by atoms with Gasteiger partial charge in [0.25, 0.3) is 5.91 Å². The van der Waals surface area contributed by atoms with Crippen LogP contribution in [0.1, 0.15) is 60.0 Å². The van der Waals surface area contributed by atoms with Gasteiger partial charge < -0.3 is 11.1 Å². The maximum absolute atomic E-state index is 12.7. The molecule has 0 saturated heterocycles. The van der Waals surface area contributed by atoms with E-state index in [-0.39, 0.29) is 5.91 Å². The molecule has 2 bridgehead atoms. The molecule has 1 aromatic rings. The van der Waals surface area contributed by atoms with Gasteiger partial charge in [-0.2, -0.15) is 0 Å². The Bertz CT molecular complexity index is 569. The van der Waals surface area contributed by atoms with E-state index in [2.05, 4.69) is 17.4 Å². The second kappa shape index (κ2) is 5.69. The minimum atomic E-state index is 0.118. The number of nitrogens with one attached hydrogen (secondary N) is 1. The molecule has 1 amide bonds. The molecular weight excluding hydrogens is 272 g/mol. The summed E-state index contributed by atoms with van der Waals surface area (Å²) < 4.78 is 0. The van der Waals surface area contributed by atoms with E-state index in [1.165, 1.54) is 43.2 Å². The third kappa shape index (κ3) is 2.56. The summed E-state index contributed by atoms with van der Waals surface area (Å²) in [6.45, 7) is 0. The summed E-state index contributed by atoms with van der Waals surface area (Å²) in [5, 5.41) is 3.35. The van der Waals surface area contributed by atoms with Crippen molar-refractivity contribution in [3.63, 3.8) is 0 Å². The number of fused-ring (bicyclic) bond motifs is 3. The molecule has 3 aliphatic carbocycles. The highest BCUT2D eigenvalue weighted by Gasteiger charge is 2.39. The van der Waals surface area contributed by atoms with Gasteiger partial charge in [-0.1, -0.05) is 12.5 Å². The molecule has 22 heavy (non-hydrogen) atoms. The summed E-state index contributed by atoms with van der Waals surface area (Å²) in [5.74, 6) is 1.29. The van der Waals surface area contributed by atoms with Crippen molar-refractivity contribution in [1.29, 1.82) is 0 Å². The molecule has 0 radical (unpaired) electrons. The molecule has 3 heteroatoms. The van der Waals surface area contributed by atoms with Gasteiger partial charge in [-0.25, -0.2) is 0 Å². The standard InChI is InChI=1S/C19H26N2O/c20-17-10-14-5-2-6-15(11-17)18(14)21-19(22)16-8-7-12-3-1-4-13(12)9-16/h7-9,14-15,17-18H,1-6,10-11,20H2,(H,21,22). The van der Waals surface area contributed by atoms with E-state index >= 15 is 0 Å². The Morgan fingerprint density at radius 2 is 1.77 bits per heavy atom. The van der Waals surface area contributed by atoms with Gasteiger partial charge in [0.2, 0.25) is 0 Å². The van der Waals surface area contributed by atoms with Gasteiger partial charge in [0.1, 0.15) is 0 Å². The van der Waals surface area contributed by atoms with Crippen molar-refractivity contribution >= 4 is 5.91 Å². The number of carbonyl (C=O) groups is 1. The SMILES string of the molecule is NC1CC2CCCC(C1)C2NC(=O)c1ccc2c(c1)CCC2. The minimum absolute atomic E-state index is 0.118. The van der Waals surface area contributed by atoms with E-state index in [1.54, 1.807) is 0 Å². The quantitative estimate of drug-likeness (QED) is 0.882. The first-order chi connectivity index (χ1) is 10.7. The van der Waals surface area contributed by atoms with Crippen LogP contribution in [0, 0.1) is 11.8 Å². The summed E-state index contributed by atoms with van der Waals surface area (Å²) in [5.41, 5.74) is 9.82. The van der Waals surface area contributed by atoms with Crippen molar-refractivity contribution in [2.24, 2.45) is 17.6 Å². The van der Waals surface area contributed by atoms with Crippen molar-refractivity contribution in [3.05, 3.63) is 34.9 Å². The second-order valence-electron chi connectivity index (χ2n) is 7.52. The molecule has 2 fully saturated rings. The lowest BCUT2D eigenvalue weighted by molar-refractivity contribution is 0.0756. The molecule has 0 aromatic heterocycles. The fourth-order valence-corrected chi connectivity index (χ4v) is 4.97. The first kappa shape index (κ1) is 14.3. The van der Waals surface area contributed by atoms with Gasteiger partial charge in [-0.05, 0) is 80.0 Å². The fraction of sp³-hybridized carbons (Fsp3) is 0.632. The molecule has 118 valence electrons. The Labute approximate surface area is 132 Å². The molecule has 0 heterocycles. The fourth-order valence-electron chi connectivity index (χ4n) is 4.97. The molecule has 0 aliphatic heterocycles. The van der Waals surface area contributed by atoms with E-state index in [1.807, 2.05) is 6.07 Å². The maximum Gasteiger partial charge on any atom is 0.251 e. The summed E-state index contributed by atoms with van der Waals surface area (Å²) in [6, 6.07) is 6.94. The van der Waals surface area contributed by atoms with Gasteiger partial charge >= 0.3 is 0 Å². The van der Waals surface area contributed by atoms with Crippen molar-refractivity contribution in [3.8, 4) is 0 Å². The first-order valence-corrected chi connectivity index (χ1v) is 8.89. The largest absolute Gasteiger partial charge is 0.349 e. The van der Waals surface area contributed by atoms with Crippen LogP contribution < -0.4 is 11.1 Å². The molecule has 2 saturated carbocycles. The van der Waals surface area contributed by atoms with Crippen LogP contribution in [0.2, 0.25) is 0 Å². The minimum Gasteiger partial charge on any atom is -0.349 e. The van der Waals surface area contributed by atoms with Crippen LogP contribution in [0.15, 0.2) is 18.2 Å². The van der Waals surface area contributed by atoms with Crippen molar-refractivity contribution in [1.82, 2.24) is 5.32 Å². The van der Waals surface area contributed by atoms with Crippen LogP contribution in [0.3, 0.4) is 0 Å². The Morgan fingerprint density at radius 1 is 1.05 bits per heavy atom.